The third kappa shape index (κ3) is 5.53. The van der Waals surface area contributed by atoms with E-state index in [2.05, 4.69) is 11.5 Å². The molecule has 0 aliphatic heterocycles. The zero-order valence-corrected chi connectivity index (χ0v) is 13.1. The number of likely N-dealkylation sites (N-methyl/N-ethyl adjacent to an activating group) is 1. The minimum absolute atomic E-state index is 0.0505. The zero-order chi connectivity index (χ0) is 15.1. The Kier molecular flexibility index (Phi) is 7.06. The first-order chi connectivity index (χ1) is 9.43. The van der Waals surface area contributed by atoms with Crippen molar-refractivity contribution < 1.29 is 4.79 Å². The van der Waals surface area contributed by atoms with E-state index in [4.69, 9.17) is 28.9 Å². The van der Waals surface area contributed by atoms with Crippen LogP contribution in [0.15, 0.2) is 30.9 Å². The van der Waals surface area contributed by atoms with E-state index in [9.17, 15) is 4.79 Å². The molecule has 5 heteroatoms. The summed E-state index contributed by atoms with van der Waals surface area (Å²) in [4.78, 5) is 13.4. The largest absolute Gasteiger partial charge is 0.370 e. The summed E-state index contributed by atoms with van der Waals surface area (Å²) < 4.78 is 0. The number of hydrogen-bond donors (Lipinski definition) is 1. The third-order valence-corrected chi connectivity index (χ3v) is 3.90. The number of carbonyl (C=O) groups is 1. The predicted octanol–water partition coefficient (Wildman–Crippen LogP) is 3.46. The molecule has 0 aromatic heterocycles. The van der Waals surface area contributed by atoms with Crippen molar-refractivity contribution in [1.29, 1.82) is 0 Å². The van der Waals surface area contributed by atoms with Crippen molar-refractivity contribution >= 4 is 29.1 Å². The molecule has 0 saturated carbocycles. The summed E-state index contributed by atoms with van der Waals surface area (Å²) in [6.45, 7) is 5.37. The molecule has 0 bridgehead atoms. The van der Waals surface area contributed by atoms with Gasteiger partial charge < -0.3 is 10.6 Å². The molecule has 1 amide bonds. The second-order valence-electron chi connectivity index (χ2n) is 4.88. The van der Waals surface area contributed by atoms with Crippen molar-refractivity contribution in [3.63, 3.8) is 0 Å². The second kappa shape index (κ2) is 8.30. The summed E-state index contributed by atoms with van der Waals surface area (Å²) >= 11 is 12.0. The number of amides is 1. The molecule has 2 N–H and O–H groups in total. The minimum atomic E-state index is -0.313. The van der Waals surface area contributed by atoms with Gasteiger partial charge in [-0.3, -0.25) is 4.79 Å². The lowest BCUT2D eigenvalue weighted by Crippen LogP contribution is -2.23. The van der Waals surface area contributed by atoms with Crippen molar-refractivity contribution in [3.05, 3.63) is 46.5 Å². The van der Waals surface area contributed by atoms with E-state index in [-0.39, 0.29) is 11.8 Å². The average Bonchev–Trinajstić information content (AvgIpc) is 2.38. The third-order valence-electron chi connectivity index (χ3n) is 3.16. The SMILES string of the molecule is C=CCN(C)CCC(CC(N)=O)c1ccc(Cl)c(Cl)c1. The van der Waals surface area contributed by atoms with Gasteiger partial charge in [0.25, 0.3) is 0 Å². The number of benzene rings is 1. The van der Waals surface area contributed by atoms with E-state index in [0.29, 0.717) is 16.5 Å². The van der Waals surface area contributed by atoms with E-state index >= 15 is 0 Å². The van der Waals surface area contributed by atoms with Crippen molar-refractivity contribution in [2.24, 2.45) is 5.73 Å². The van der Waals surface area contributed by atoms with Crippen LogP contribution >= 0.6 is 23.2 Å². The number of halogens is 2. The quantitative estimate of drug-likeness (QED) is 0.747. The van der Waals surface area contributed by atoms with Crippen LogP contribution in [-0.2, 0) is 4.79 Å². The summed E-state index contributed by atoms with van der Waals surface area (Å²) in [5.41, 5.74) is 6.33. The van der Waals surface area contributed by atoms with Crippen LogP contribution in [0.25, 0.3) is 0 Å². The molecule has 1 aromatic rings. The minimum Gasteiger partial charge on any atom is -0.370 e. The summed E-state index contributed by atoms with van der Waals surface area (Å²) in [7, 11) is 2.01. The Morgan fingerprint density at radius 3 is 2.70 bits per heavy atom. The van der Waals surface area contributed by atoms with E-state index < -0.39 is 0 Å². The zero-order valence-electron chi connectivity index (χ0n) is 11.6. The molecule has 0 aliphatic carbocycles. The monoisotopic (exact) mass is 314 g/mol. The molecule has 0 fully saturated rings. The second-order valence-corrected chi connectivity index (χ2v) is 5.69. The molecule has 1 aromatic carbocycles. The number of rotatable bonds is 8. The smallest absolute Gasteiger partial charge is 0.218 e. The van der Waals surface area contributed by atoms with Gasteiger partial charge in [0.15, 0.2) is 0 Å². The maximum atomic E-state index is 11.2. The first-order valence-corrected chi connectivity index (χ1v) is 7.22. The maximum absolute atomic E-state index is 11.2. The molecule has 0 heterocycles. The highest BCUT2D eigenvalue weighted by Gasteiger charge is 2.16. The molecule has 0 spiro atoms. The molecule has 1 unspecified atom stereocenters. The molecule has 0 aliphatic rings. The fourth-order valence-corrected chi connectivity index (χ4v) is 2.39. The van der Waals surface area contributed by atoms with E-state index in [1.54, 1.807) is 6.07 Å². The van der Waals surface area contributed by atoms with Gasteiger partial charge in [-0.05, 0) is 43.6 Å². The van der Waals surface area contributed by atoms with Gasteiger partial charge in [0.2, 0.25) is 5.91 Å². The van der Waals surface area contributed by atoms with Crippen LogP contribution in [0.5, 0.6) is 0 Å². The van der Waals surface area contributed by atoms with Gasteiger partial charge in [0.05, 0.1) is 10.0 Å². The topological polar surface area (TPSA) is 46.3 Å². The van der Waals surface area contributed by atoms with Crippen molar-refractivity contribution in [2.45, 2.75) is 18.8 Å². The molecule has 0 radical (unpaired) electrons. The lowest BCUT2D eigenvalue weighted by Gasteiger charge is -2.20. The molecule has 1 atom stereocenters. The molecule has 20 heavy (non-hydrogen) atoms. The summed E-state index contributed by atoms with van der Waals surface area (Å²) in [5, 5.41) is 1.01. The van der Waals surface area contributed by atoms with Gasteiger partial charge in [-0.15, -0.1) is 6.58 Å². The van der Waals surface area contributed by atoms with Gasteiger partial charge >= 0.3 is 0 Å². The molecular weight excluding hydrogens is 295 g/mol. The Balaban J connectivity index is 2.79. The Morgan fingerprint density at radius 1 is 1.45 bits per heavy atom. The Labute approximate surface area is 130 Å². The molecule has 0 saturated heterocycles. The number of nitrogens with two attached hydrogens (primary N) is 1. The normalized spacial score (nSPS) is 12.4. The first kappa shape index (κ1) is 17.0. The van der Waals surface area contributed by atoms with Crippen molar-refractivity contribution in [2.75, 3.05) is 20.1 Å². The van der Waals surface area contributed by atoms with Crippen LogP contribution in [0, 0.1) is 0 Å². The molecule has 3 nitrogen and oxygen atoms in total. The van der Waals surface area contributed by atoms with Gasteiger partial charge in [-0.2, -0.15) is 0 Å². The van der Waals surface area contributed by atoms with Crippen molar-refractivity contribution in [1.82, 2.24) is 4.90 Å². The van der Waals surface area contributed by atoms with E-state index in [1.807, 2.05) is 25.3 Å². The maximum Gasteiger partial charge on any atom is 0.218 e. The van der Waals surface area contributed by atoms with Crippen LogP contribution < -0.4 is 5.73 Å². The van der Waals surface area contributed by atoms with E-state index in [1.165, 1.54) is 0 Å². The number of nitrogens with zero attached hydrogens (tertiary/aromatic N) is 1. The van der Waals surface area contributed by atoms with Gasteiger partial charge in [0, 0.05) is 13.0 Å². The van der Waals surface area contributed by atoms with Crippen LogP contribution in [-0.4, -0.2) is 30.9 Å². The standard InChI is InChI=1S/C15H20Cl2N2O/c1-3-7-19(2)8-6-12(10-15(18)20)11-4-5-13(16)14(17)9-11/h3-5,9,12H,1,6-8,10H2,2H3,(H2,18,20). The highest BCUT2D eigenvalue weighted by molar-refractivity contribution is 6.42. The van der Waals surface area contributed by atoms with Crippen LogP contribution in [0.2, 0.25) is 10.0 Å². The Morgan fingerprint density at radius 2 is 2.15 bits per heavy atom. The molecular formula is C15H20Cl2N2O. The van der Waals surface area contributed by atoms with Crippen LogP contribution in [0.1, 0.15) is 24.3 Å². The predicted molar refractivity (Wildman–Crippen MR) is 85.3 cm³/mol. The first-order valence-electron chi connectivity index (χ1n) is 6.46. The average molecular weight is 315 g/mol. The van der Waals surface area contributed by atoms with Crippen LogP contribution in [0.4, 0.5) is 0 Å². The Bertz CT molecular complexity index is 477. The summed E-state index contributed by atoms with van der Waals surface area (Å²) in [5.74, 6) is -0.262. The lowest BCUT2D eigenvalue weighted by atomic mass is 9.92. The fraction of sp³-hybridized carbons (Fsp3) is 0.400. The van der Waals surface area contributed by atoms with Crippen LogP contribution in [0.3, 0.4) is 0 Å². The number of primary amides is 1. The summed E-state index contributed by atoms with van der Waals surface area (Å²) in [6, 6.07) is 5.46. The lowest BCUT2D eigenvalue weighted by molar-refractivity contribution is -0.118. The van der Waals surface area contributed by atoms with Gasteiger partial charge in [-0.1, -0.05) is 35.3 Å². The van der Waals surface area contributed by atoms with Crippen molar-refractivity contribution in [3.8, 4) is 0 Å². The Hall–Kier alpha value is -1.03. The number of carbonyl (C=O) groups excluding carboxylic acids is 1. The van der Waals surface area contributed by atoms with Gasteiger partial charge in [0.1, 0.15) is 0 Å². The summed E-state index contributed by atoms with van der Waals surface area (Å²) in [6.07, 6.45) is 2.98. The van der Waals surface area contributed by atoms with Gasteiger partial charge in [-0.25, -0.2) is 0 Å². The molecule has 110 valence electrons. The number of hydrogen-bond acceptors (Lipinski definition) is 2. The van der Waals surface area contributed by atoms with E-state index in [0.717, 1.165) is 25.1 Å². The fourth-order valence-electron chi connectivity index (χ4n) is 2.08. The molecule has 1 rings (SSSR count). The highest BCUT2D eigenvalue weighted by atomic mass is 35.5. The highest BCUT2D eigenvalue weighted by Crippen LogP contribution is 2.30.